The van der Waals surface area contributed by atoms with Crippen molar-refractivity contribution in [3.63, 3.8) is 0 Å². The first kappa shape index (κ1) is 35.8. The third kappa shape index (κ3) is 18.4. The molecule has 0 aromatic carbocycles. The molecule has 0 aliphatic rings. The van der Waals surface area contributed by atoms with E-state index in [1.807, 2.05) is 19.4 Å². The molecule has 0 aliphatic heterocycles. The summed E-state index contributed by atoms with van der Waals surface area (Å²) in [5, 5.41) is 3.50. The molecule has 0 aliphatic carbocycles. The third-order valence-electron chi connectivity index (χ3n) is 3.08. The Balaban J connectivity index is -0.000000150. The van der Waals surface area contributed by atoms with Gasteiger partial charge in [0.25, 0.3) is 0 Å². The summed E-state index contributed by atoms with van der Waals surface area (Å²) in [4.78, 5) is 4.31. The first-order valence-electron chi connectivity index (χ1n) is 7.06. The van der Waals surface area contributed by atoms with Gasteiger partial charge in [0.05, 0.1) is 6.54 Å². The van der Waals surface area contributed by atoms with E-state index in [-0.39, 0.29) is 42.0 Å². The van der Waals surface area contributed by atoms with E-state index < -0.39 is 0 Å². The summed E-state index contributed by atoms with van der Waals surface area (Å²) >= 11 is 0. The van der Waals surface area contributed by atoms with Crippen molar-refractivity contribution >= 4 is 7.92 Å². The fraction of sp³-hybridized carbons (Fsp3) is 0.625. The smallest absolute Gasteiger partial charge is 0 e. The number of hydrogen-bond acceptors (Lipinski definition) is 2. The van der Waals surface area contributed by atoms with Gasteiger partial charge in [-0.1, -0.05) is 27.7 Å². The van der Waals surface area contributed by atoms with Gasteiger partial charge in [0.15, 0.2) is 0 Å². The molecule has 0 bridgehead atoms. The van der Waals surface area contributed by atoms with Gasteiger partial charge in [-0.2, -0.15) is 0 Å². The van der Waals surface area contributed by atoms with Crippen LogP contribution in [0.4, 0.5) is 0 Å². The number of nitrogens with one attached hydrogen (secondary N) is 1. The maximum absolute atomic E-state index is 7.50. The second-order valence-electron chi connectivity index (χ2n) is 5.06. The number of hydrogen-bond donors (Lipinski definition) is 1. The molecular formula is C16H26BrMnN3O3P-. The SMILES string of the molecule is CC(C)P(CCNCc1nccn1C)C(C)C.[Br-].[C-]#[O+].[C-]#[O+].[C-]#[O+].[Mn]. The quantitative estimate of drug-likeness (QED) is 0.193. The van der Waals surface area contributed by atoms with Crippen molar-refractivity contribution in [2.45, 2.75) is 45.6 Å². The van der Waals surface area contributed by atoms with Gasteiger partial charge in [0, 0.05) is 36.5 Å². The maximum atomic E-state index is 7.50. The molecule has 0 unspecified atom stereocenters. The molecule has 1 aromatic heterocycles. The summed E-state index contributed by atoms with van der Waals surface area (Å²) in [6.07, 6.45) is 5.16. The molecule has 1 aromatic rings. The van der Waals surface area contributed by atoms with Crippen LogP contribution in [0, 0.1) is 20.0 Å². The summed E-state index contributed by atoms with van der Waals surface area (Å²) in [5.41, 5.74) is 1.67. The topological polar surface area (TPSA) is 89.6 Å². The van der Waals surface area contributed by atoms with Crippen LogP contribution in [0.1, 0.15) is 33.5 Å². The summed E-state index contributed by atoms with van der Waals surface area (Å²) in [6, 6.07) is 0. The second kappa shape index (κ2) is 26.1. The largest absolute Gasteiger partial charge is 0 e. The number of imidazole rings is 1. The van der Waals surface area contributed by atoms with E-state index in [0.29, 0.717) is 0 Å². The minimum absolute atomic E-state index is 0. The zero-order valence-corrected chi connectivity index (χ0v) is 18.9. The van der Waals surface area contributed by atoms with Crippen molar-refractivity contribution in [3.8, 4) is 0 Å². The van der Waals surface area contributed by atoms with Gasteiger partial charge >= 0.3 is 33.9 Å². The minimum Gasteiger partial charge on any atom is 0 e. The first-order valence-corrected chi connectivity index (χ1v) is 8.72. The Morgan fingerprint density at radius 3 is 1.84 bits per heavy atom. The Morgan fingerprint density at radius 1 is 1.08 bits per heavy atom. The van der Waals surface area contributed by atoms with Gasteiger partial charge in [-0.05, 0) is 24.0 Å². The number of halogens is 1. The minimum atomic E-state index is 0. The van der Waals surface area contributed by atoms with Crippen molar-refractivity contribution in [1.29, 1.82) is 0 Å². The van der Waals surface area contributed by atoms with E-state index in [1.165, 1.54) is 6.16 Å². The summed E-state index contributed by atoms with van der Waals surface area (Å²) in [6.45, 7) is 24.9. The van der Waals surface area contributed by atoms with E-state index in [0.717, 1.165) is 30.2 Å². The van der Waals surface area contributed by atoms with Crippen LogP contribution in [0.3, 0.4) is 0 Å². The Labute approximate surface area is 174 Å². The van der Waals surface area contributed by atoms with Gasteiger partial charge < -0.3 is 26.9 Å². The van der Waals surface area contributed by atoms with Crippen molar-refractivity contribution in [2.75, 3.05) is 12.7 Å². The normalized spacial score (nSPS) is 8.40. The number of nitrogens with zero attached hydrogens (tertiary/aromatic N) is 2. The van der Waals surface area contributed by atoms with Gasteiger partial charge in [-0.25, -0.2) is 4.98 Å². The van der Waals surface area contributed by atoms with Crippen LogP contribution in [0.2, 0.25) is 0 Å². The molecule has 0 spiro atoms. The molecule has 25 heavy (non-hydrogen) atoms. The van der Waals surface area contributed by atoms with Crippen molar-refractivity contribution in [2.24, 2.45) is 7.05 Å². The molecule has 1 N–H and O–H groups in total. The number of aromatic nitrogens is 2. The summed E-state index contributed by atoms with van der Waals surface area (Å²) in [5.74, 6) is 1.11. The average Bonchev–Trinajstić information content (AvgIpc) is 2.97. The van der Waals surface area contributed by atoms with Crippen LogP contribution in [0.25, 0.3) is 0 Å². The third-order valence-corrected chi connectivity index (χ3v) is 6.47. The predicted octanol–water partition coefficient (Wildman–Crippen LogP) is -0.303. The average molecular weight is 474 g/mol. The molecule has 1 rings (SSSR count). The van der Waals surface area contributed by atoms with E-state index >= 15 is 0 Å². The van der Waals surface area contributed by atoms with Gasteiger partial charge in [0.1, 0.15) is 5.82 Å². The van der Waals surface area contributed by atoms with E-state index in [2.05, 4.69) is 62.5 Å². The monoisotopic (exact) mass is 473 g/mol. The van der Waals surface area contributed by atoms with E-state index in [1.54, 1.807) is 0 Å². The molecule has 0 atom stereocenters. The first-order chi connectivity index (χ1) is 11.0. The van der Waals surface area contributed by atoms with Gasteiger partial charge in [-0.3, -0.25) is 0 Å². The number of aryl methyl sites for hydroxylation is 1. The van der Waals surface area contributed by atoms with Gasteiger partial charge in [0.2, 0.25) is 0 Å². The molecule has 143 valence electrons. The van der Waals surface area contributed by atoms with E-state index in [9.17, 15) is 0 Å². The van der Waals surface area contributed by atoms with E-state index in [4.69, 9.17) is 14.0 Å². The summed E-state index contributed by atoms with van der Waals surface area (Å²) in [7, 11) is 2.20. The fourth-order valence-electron chi connectivity index (χ4n) is 2.09. The Kier molecular flexibility index (Phi) is 37.4. The van der Waals surface area contributed by atoms with Crippen LogP contribution in [0.15, 0.2) is 12.4 Å². The molecule has 0 amide bonds. The molecule has 0 saturated heterocycles. The molecule has 6 nitrogen and oxygen atoms in total. The zero-order valence-electron chi connectivity index (χ0n) is 15.3. The zero-order chi connectivity index (χ0) is 18.8. The fourth-order valence-corrected chi connectivity index (χ4v) is 4.73. The Morgan fingerprint density at radius 2 is 1.52 bits per heavy atom. The molecule has 9 heteroatoms. The van der Waals surface area contributed by atoms with Gasteiger partial charge in [-0.15, -0.1) is 7.92 Å². The molecule has 1 heterocycles. The van der Waals surface area contributed by atoms with Crippen LogP contribution in [-0.4, -0.2) is 33.6 Å². The Bertz CT molecular complexity index is 429. The van der Waals surface area contributed by atoms with Crippen LogP contribution in [-0.2, 0) is 44.6 Å². The van der Waals surface area contributed by atoms with Crippen molar-refractivity contribution in [3.05, 3.63) is 38.2 Å². The predicted molar refractivity (Wildman–Crippen MR) is 88.8 cm³/mol. The summed E-state index contributed by atoms with van der Waals surface area (Å²) < 4.78 is 24.6. The van der Waals surface area contributed by atoms with Crippen LogP contribution in [0.5, 0.6) is 0 Å². The maximum Gasteiger partial charge on any atom is 0 e. The van der Waals surface area contributed by atoms with Crippen molar-refractivity contribution in [1.82, 2.24) is 14.9 Å². The Hall–Kier alpha value is -0.181. The second-order valence-corrected chi connectivity index (χ2v) is 8.60. The molecular weight excluding hydrogens is 448 g/mol. The molecule has 1 radical (unpaired) electrons. The number of rotatable bonds is 7. The van der Waals surface area contributed by atoms with Crippen molar-refractivity contribution < 1.29 is 48.0 Å². The van der Waals surface area contributed by atoms with Crippen LogP contribution < -0.4 is 22.3 Å². The van der Waals surface area contributed by atoms with Crippen LogP contribution >= 0.6 is 7.92 Å². The standard InChI is InChI=1S/C13H26N3P.3CO.BrH.Mn/c1-11(2)17(12(3)4)9-7-14-10-13-15-6-8-16(13)5;3*1-2;;/h6,8,11-12,14H,7,9-10H2,1-5H3;;;;1H;/p-1. The molecule has 0 fully saturated rings. The molecule has 0 saturated carbocycles.